The SMILES string of the molecule is CC1=C(C(=O)OCc2ccccc2)C(c2cn(-c3ccccc3)nc2-c2ccc(Cl)cc2)C(C(=O)OCc2ccccc2)=C(C)N1. The van der Waals surface area contributed by atoms with Crippen LogP contribution in [0.3, 0.4) is 0 Å². The standard InChI is InChI=1S/C38H32ClN3O4/c1-25-33(37(43)45-23-27-12-6-3-7-13-27)35(34(26(2)40-25)38(44)46-24-28-14-8-4-9-15-28)32-22-42(31-16-10-5-11-17-31)41-36(32)29-18-20-30(39)21-19-29/h3-22,35,40H,23-24H2,1-2H3. The Morgan fingerprint density at radius 2 is 1.20 bits per heavy atom. The fraction of sp³-hybridized carbons (Fsp3) is 0.132. The summed E-state index contributed by atoms with van der Waals surface area (Å²) in [5, 5.41) is 8.82. The summed E-state index contributed by atoms with van der Waals surface area (Å²) in [6.45, 7) is 3.77. The molecular weight excluding hydrogens is 598 g/mol. The van der Waals surface area contributed by atoms with Gasteiger partial charge in [-0.1, -0.05) is 103 Å². The molecule has 1 N–H and O–H groups in total. The minimum absolute atomic E-state index is 0.0764. The Kier molecular flexibility index (Phi) is 9.13. The van der Waals surface area contributed by atoms with Gasteiger partial charge in [0.05, 0.1) is 28.4 Å². The molecule has 0 aliphatic carbocycles. The first kappa shape index (κ1) is 30.6. The molecule has 0 unspecified atom stereocenters. The maximum absolute atomic E-state index is 14.0. The van der Waals surface area contributed by atoms with Crippen LogP contribution >= 0.6 is 11.6 Å². The topological polar surface area (TPSA) is 82.5 Å². The predicted octanol–water partition coefficient (Wildman–Crippen LogP) is 7.91. The van der Waals surface area contributed by atoms with Gasteiger partial charge in [-0.2, -0.15) is 5.10 Å². The minimum atomic E-state index is -0.851. The number of allylic oxidation sites excluding steroid dienone is 2. The van der Waals surface area contributed by atoms with Gasteiger partial charge in [-0.25, -0.2) is 14.3 Å². The zero-order chi connectivity index (χ0) is 32.0. The molecule has 0 bridgehead atoms. The minimum Gasteiger partial charge on any atom is -0.457 e. The number of esters is 2. The third-order valence-corrected chi connectivity index (χ3v) is 8.07. The van der Waals surface area contributed by atoms with Gasteiger partial charge in [0.2, 0.25) is 0 Å². The number of para-hydroxylation sites is 1. The number of nitrogens with one attached hydrogen (secondary N) is 1. The second-order valence-electron chi connectivity index (χ2n) is 11.0. The van der Waals surface area contributed by atoms with Gasteiger partial charge in [0.25, 0.3) is 0 Å². The number of nitrogens with zero attached hydrogens (tertiary/aromatic N) is 2. The number of aromatic nitrogens is 2. The predicted molar refractivity (Wildman–Crippen MR) is 178 cm³/mol. The number of halogens is 1. The highest BCUT2D eigenvalue weighted by molar-refractivity contribution is 6.30. The molecular formula is C38H32ClN3O4. The van der Waals surface area contributed by atoms with Crippen molar-refractivity contribution in [2.45, 2.75) is 33.0 Å². The van der Waals surface area contributed by atoms with Crippen molar-refractivity contribution < 1.29 is 19.1 Å². The molecule has 1 aliphatic heterocycles. The highest BCUT2D eigenvalue weighted by Crippen LogP contribution is 2.43. The lowest BCUT2D eigenvalue weighted by molar-refractivity contribution is -0.141. The molecule has 1 aromatic heterocycles. The van der Waals surface area contributed by atoms with Gasteiger partial charge in [-0.15, -0.1) is 0 Å². The van der Waals surface area contributed by atoms with Gasteiger partial charge in [0.15, 0.2) is 0 Å². The van der Waals surface area contributed by atoms with Crippen LogP contribution in [0.1, 0.15) is 36.5 Å². The first-order chi connectivity index (χ1) is 22.4. The summed E-state index contributed by atoms with van der Waals surface area (Å²) in [6.07, 6.45) is 1.87. The highest BCUT2D eigenvalue weighted by Gasteiger charge is 2.40. The maximum Gasteiger partial charge on any atom is 0.337 e. The van der Waals surface area contributed by atoms with E-state index in [4.69, 9.17) is 26.2 Å². The Labute approximate surface area is 272 Å². The van der Waals surface area contributed by atoms with Gasteiger partial charge in [-0.05, 0) is 49.2 Å². The lowest BCUT2D eigenvalue weighted by atomic mass is 9.79. The van der Waals surface area contributed by atoms with Crippen LogP contribution in [-0.2, 0) is 32.3 Å². The van der Waals surface area contributed by atoms with Crippen LogP contribution < -0.4 is 5.32 Å². The Morgan fingerprint density at radius 1 is 0.717 bits per heavy atom. The third-order valence-electron chi connectivity index (χ3n) is 7.82. The van der Waals surface area contributed by atoms with Crippen molar-refractivity contribution >= 4 is 23.5 Å². The molecule has 7 nitrogen and oxygen atoms in total. The van der Waals surface area contributed by atoms with E-state index in [1.807, 2.05) is 123 Å². The molecule has 6 rings (SSSR count). The largest absolute Gasteiger partial charge is 0.457 e. The van der Waals surface area contributed by atoms with Gasteiger partial charge < -0.3 is 14.8 Å². The molecule has 46 heavy (non-hydrogen) atoms. The van der Waals surface area contributed by atoms with Crippen molar-refractivity contribution in [3.8, 4) is 16.9 Å². The molecule has 0 spiro atoms. The van der Waals surface area contributed by atoms with Gasteiger partial charge in [0, 0.05) is 33.7 Å². The number of hydrogen-bond acceptors (Lipinski definition) is 6. The van der Waals surface area contributed by atoms with Crippen LogP contribution in [-0.4, -0.2) is 21.7 Å². The van der Waals surface area contributed by atoms with Crippen molar-refractivity contribution in [2.24, 2.45) is 0 Å². The van der Waals surface area contributed by atoms with Crippen LogP contribution in [0.15, 0.2) is 144 Å². The molecule has 0 saturated carbocycles. The zero-order valence-corrected chi connectivity index (χ0v) is 26.2. The van der Waals surface area contributed by atoms with E-state index in [0.717, 1.165) is 22.4 Å². The van der Waals surface area contributed by atoms with E-state index < -0.39 is 17.9 Å². The highest BCUT2D eigenvalue weighted by atomic mass is 35.5. The van der Waals surface area contributed by atoms with Gasteiger partial charge in [0.1, 0.15) is 13.2 Å². The number of hydrogen-bond donors (Lipinski definition) is 1. The maximum atomic E-state index is 14.0. The molecule has 0 fully saturated rings. The quantitative estimate of drug-likeness (QED) is 0.167. The number of carbonyl (C=O) groups excluding carboxylic acids is 2. The molecule has 1 aliphatic rings. The summed E-state index contributed by atoms with van der Waals surface area (Å²) in [7, 11) is 0. The Morgan fingerprint density at radius 3 is 1.70 bits per heavy atom. The van der Waals surface area contributed by atoms with Crippen LogP contribution in [0.2, 0.25) is 5.02 Å². The van der Waals surface area contributed by atoms with Crippen LogP contribution in [0.4, 0.5) is 0 Å². The second-order valence-corrected chi connectivity index (χ2v) is 11.4. The van der Waals surface area contributed by atoms with E-state index in [1.54, 1.807) is 16.8 Å². The normalized spacial score (nSPS) is 13.4. The van der Waals surface area contributed by atoms with Crippen molar-refractivity contribution in [1.82, 2.24) is 15.1 Å². The molecule has 0 amide bonds. The number of ether oxygens (including phenoxy) is 2. The molecule has 4 aromatic carbocycles. The van der Waals surface area contributed by atoms with E-state index in [9.17, 15) is 9.59 Å². The van der Waals surface area contributed by atoms with Gasteiger partial charge >= 0.3 is 11.9 Å². The second kappa shape index (κ2) is 13.7. The fourth-order valence-electron chi connectivity index (χ4n) is 5.59. The zero-order valence-electron chi connectivity index (χ0n) is 25.4. The molecule has 5 aromatic rings. The van der Waals surface area contributed by atoms with E-state index in [-0.39, 0.29) is 13.2 Å². The van der Waals surface area contributed by atoms with E-state index in [2.05, 4.69) is 5.32 Å². The molecule has 8 heteroatoms. The lowest BCUT2D eigenvalue weighted by Gasteiger charge is -2.30. The van der Waals surface area contributed by atoms with Crippen LogP contribution in [0.5, 0.6) is 0 Å². The number of carbonyl (C=O) groups is 2. The lowest BCUT2D eigenvalue weighted by Crippen LogP contribution is -2.32. The molecule has 0 atom stereocenters. The van der Waals surface area contributed by atoms with Crippen molar-refractivity contribution in [1.29, 1.82) is 0 Å². The summed E-state index contributed by atoms with van der Waals surface area (Å²) < 4.78 is 13.5. The summed E-state index contributed by atoms with van der Waals surface area (Å²) in [4.78, 5) is 28.1. The molecule has 2 heterocycles. The van der Waals surface area contributed by atoms with Crippen LogP contribution in [0, 0.1) is 0 Å². The summed E-state index contributed by atoms with van der Waals surface area (Å²) in [6, 6.07) is 35.9. The molecule has 0 radical (unpaired) electrons. The Bertz CT molecular complexity index is 1840. The fourth-order valence-corrected chi connectivity index (χ4v) is 5.72. The van der Waals surface area contributed by atoms with Crippen molar-refractivity contribution in [2.75, 3.05) is 0 Å². The average Bonchev–Trinajstić information content (AvgIpc) is 3.53. The third kappa shape index (κ3) is 6.65. The smallest absolute Gasteiger partial charge is 0.337 e. The van der Waals surface area contributed by atoms with Crippen molar-refractivity contribution in [3.63, 3.8) is 0 Å². The van der Waals surface area contributed by atoms with Crippen LogP contribution in [0.25, 0.3) is 16.9 Å². The summed E-state index contributed by atoms with van der Waals surface area (Å²) >= 11 is 6.26. The average molecular weight is 630 g/mol. The monoisotopic (exact) mass is 629 g/mol. The summed E-state index contributed by atoms with van der Waals surface area (Å²) in [5.41, 5.74) is 6.29. The number of benzene rings is 4. The van der Waals surface area contributed by atoms with Crippen molar-refractivity contribution in [3.05, 3.63) is 166 Å². The van der Waals surface area contributed by atoms with E-state index in [1.165, 1.54) is 0 Å². The van der Waals surface area contributed by atoms with E-state index >= 15 is 0 Å². The Balaban J connectivity index is 1.48. The number of rotatable bonds is 9. The first-order valence-electron chi connectivity index (χ1n) is 14.9. The molecule has 230 valence electrons. The number of dihydropyridines is 1. The van der Waals surface area contributed by atoms with Gasteiger partial charge in [-0.3, -0.25) is 0 Å². The first-order valence-corrected chi connectivity index (χ1v) is 15.3. The van der Waals surface area contributed by atoms with E-state index in [0.29, 0.717) is 38.8 Å². The Hall–Kier alpha value is -5.40. The molecule has 0 saturated heterocycles. The summed E-state index contributed by atoms with van der Waals surface area (Å²) in [5.74, 6) is -1.95.